The molecule has 0 unspecified atom stereocenters. The van der Waals surface area contributed by atoms with E-state index in [1.165, 1.54) is 6.21 Å². The van der Waals surface area contributed by atoms with Gasteiger partial charge >= 0.3 is 12.1 Å². The number of carboxylic acids is 1. The molecule has 1 aliphatic heterocycles. The third-order valence-electron chi connectivity index (χ3n) is 4.76. The van der Waals surface area contributed by atoms with Crippen LogP contribution in [-0.2, 0) is 9.53 Å². The second-order valence-corrected chi connectivity index (χ2v) is 8.49. The van der Waals surface area contributed by atoms with Crippen LogP contribution in [0.1, 0.15) is 46.5 Å². The van der Waals surface area contributed by atoms with Gasteiger partial charge in [-0.05, 0) is 70.2 Å². The zero-order valence-electron chi connectivity index (χ0n) is 18.4. The second kappa shape index (κ2) is 11.3. The maximum Gasteiger partial charge on any atom is 0.410 e. The maximum absolute atomic E-state index is 12.1. The molecule has 9 nitrogen and oxygen atoms in total. The lowest BCUT2D eigenvalue weighted by Gasteiger charge is -2.33. The minimum absolute atomic E-state index is 0.186. The number of hydrogen-bond donors (Lipinski definition) is 2. The van der Waals surface area contributed by atoms with Crippen molar-refractivity contribution in [3.05, 3.63) is 24.3 Å². The summed E-state index contributed by atoms with van der Waals surface area (Å²) in [7, 11) is 0. The summed E-state index contributed by atoms with van der Waals surface area (Å²) < 4.78 is 11.3. The van der Waals surface area contributed by atoms with E-state index in [0.717, 1.165) is 25.0 Å². The van der Waals surface area contributed by atoms with Crippen molar-refractivity contribution < 1.29 is 24.2 Å². The van der Waals surface area contributed by atoms with E-state index >= 15 is 0 Å². The number of benzene rings is 1. The molecular formula is C22H32N4O5. The van der Waals surface area contributed by atoms with Crippen molar-refractivity contribution in [1.29, 1.82) is 0 Å². The smallest absolute Gasteiger partial charge is 0.410 e. The Morgan fingerprint density at radius 1 is 1.23 bits per heavy atom. The van der Waals surface area contributed by atoms with E-state index in [9.17, 15) is 9.59 Å². The van der Waals surface area contributed by atoms with Crippen molar-refractivity contribution in [2.45, 2.75) is 52.1 Å². The zero-order chi connectivity index (χ0) is 22.9. The van der Waals surface area contributed by atoms with Crippen LogP contribution in [0.5, 0.6) is 5.75 Å². The number of aliphatic carboxylic acids is 1. The number of hydrazone groups is 1. The van der Waals surface area contributed by atoms with E-state index in [1.54, 1.807) is 17.0 Å². The fourth-order valence-corrected chi connectivity index (χ4v) is 3.13. The largest absolute Gasteiger partial charge is 0.494 e. The zero-order valence-corrected chi connectivity index (χ0v) is 18.4. The number of carbonyl (C=O) groups is 2. The number of carboxylic acid groups (broad SMARTS) is 1. The van der Waals surface area contributed by atoms with Crippen molar-refractivity contribution in [3.63, 3.8) is 0 Å². The van der Waals surface area contributed by atoms with Crippen molar-refractivity contribution >= 4 is 29.7 Å². The molecule has 0 bridgehead atoms. The van der Waals surface area contributed by atoms with E-state index in [4.69, 9.17) is 20.4 Å². The highest BCUT2D eigenvalue weighted by Crippen LogP contribution is 2.23. The Morgan fingerprint density at radius 2 is 1.87 bits per heavy atom. The van der Waals surface area contributed by atoms with E-state index in [1.807, 2.05) is 32.9 Å². The van der Waals surface area contributed by atoms with Gasteiger partial charge in [0.15, 0.2) is 0 Å². The number of piperidine rings is 1. The third-order valence-corrected chi connectivity index (χ3v) is 4.76. The van der Waals surface area contributed by atoms with E-state index in [-0.39, 0.29) is 18.2 Å². The summed E-state index contributed by atoms with van der Waals surface area (Å²) in [5.41, 5.74) is 0.362. The Labute approximate surface area is 182 Å². The van der Waals surface area contributed by atoms with Crippen molar-refractivity contribution in [2.75, 3.05) is 19.7 Å². The van der Waals surface area contributed by atoms with Crippen LogP contribution < -0.4 is 10.6 Å². The van der Waals surface area contributed by atoms with Gasteiger partial charge in [-0.15, -0.1) is 0 Å². The summed E-state index contributed by atoms with van der Waals surface area (Å²) in [6.07, 6.45) is 3.63. The van der Waals surface area contributed by atoms with Gasteiger partial charge in [0.25, 0.3) is 0 Å². The Bertz CT molecular complexity index is 791. The number of nitrogens with zero attached hydrogens (tertiary/aromatic N) is 3. The van der Waals surface area contributed by atoms with E-state index < -0.39 is 11.6 Å². The molecule has 1 aromatic carbocycles. The first kappa shape index (κ1) is 24.2. The molecule has 0 aliphatic carbocycles. The van der Waals surface area contributed by atoms with Gasteiger partial charge in [-0.3, -0.25) is 9.79 Å². The first-order chi connectivity index (χ1) is 14.7. The number of carbonyl (C=O) groups excluding carboxylic acids is 1. The molecule has 0 radical (unpaired) electrons. The second-order valence-electron chi connectivity index (χ2n) is 8.49. The van der Waals surface area contributed by atoms with Crippen LogP contribution in [-0.4, -0.2) is 59.3 Å². The summed E-state index contributed by atoms with van der Waals surface area (Å²) in [5, 5.41) is 12.2. The number of nitrogens with two attached hydrogens (primary N) is 1. The normalized spacial score (nSPS) is 15.8. The molecule has 1 amide bonds. The van der Waals surface area contributed by atoms with Gasteiger partial charge < -0.3 is 25.3 Å². The first-order valence-corrected chi connectivity index (χ1v) is 10.4. The molecule has 0 atom stereocenters. The molecule has 3 N–H and O–H groups in total. The maximum atomic E-state index is 12.1. The molecule has 0 aromatic heterocycles. The molecule has 0 spiro atoms. The number of amides is 1. The highest BCUT2D eigenvalue weighted by molar-refractivity contribution is 6.34. The average Bonchev–Trinajstić information content (AvgIpc) is 2.71. The fourth-order valence-electron chi connectivity index (χ4n) is 3.13. The summed E-state index contributed by atoms with van der Waals surface area (Å²) in [6, 6.07) is 7.18. The van der Waals surface area contributed by atoms with Crippen molar-refractivity contribution in [3.8, 4) is 5.75 Å². The Morgan fingerprint density at radius 3 is 2.42 bits per heavy atom. The molecule has 1 saturated heterocycles. The van der Waals surface area contributed by atoms with Crippen LogP contribution in [0.4, 0.5) is 10.5 Å². The molecule has 31 heavy (non-hydrogen) atoms. The van der Waals surface area contributed by atoms with Crippen molar-refractivity contribution in [1.82, 2.24) is 4.90 Å². The van der Waals surface area contributed by atoms with Crippen LogP contribution >= 0.6 is 0 Å². The predicted molar refractivity (Wildman–Crippen MR) is 119 cm³/mol. The minimum Gasteiger partial charge on any atom is -0.494 e. The Hall–Kier alpha value is -3.10. The van der Waals surface area contributed by atoms with Gasteiger partial charge in [0.1, 0.15) is 11.4 Å². The minimum atomic E-state index is -1.02. The average molecular weight is 433 g/mol. The van der Waals surface area contributed by atoms with Gasteiger partial charge in [0, 0.05) is 13.1 Å². The van der Waals surface area contributed by atoms with E-state index in [2.05, 4.69) is 10.1 Å². The highest BCUT2D eigenvalue weighted by atomic mass is 16.6. The fraction of sp³-hybridized carbons (Fsp3) is 0.545. The topological polar surface area (TPSA) is 127 Å². The lowest BCUT2D eigenvalue weighted by Crippen LogP contribution is -2.41. The molecule has 1 heterocycles. The summed E-state index contributed by atoms with van der Waals surface area (Å²) in [6.45, 7) is 7.64. The van der Waals surface area contributed by atoms with Crippen LogP contribution in [0.3, 0.4) is 0 Å². The van der Waals surface area contributed by atoms with Gasteiger partial charge in [-0.1, -0.05) is 0 Å². The highest BCUT2D eigenvalue weighted by Gasteiger charge is 2.26. The number of likely N-dealkylation sites (tertiary alicyclic amines) is 1. The molecule has 1 aliphatic rings. The summed E-state index contributed by atoms with van der Waals surface area (Å²) >= 11 is 0. The number of hydrogen-bond acceptors (Lipinski definition) is 7. The van der Waals surface area contributed by atoms with Crippen LogP contribution in [0, 0.1) is 5.92 Å². The molecule has 1 aromatic rings. The van der Waals surface area contributed by atoms with Crippen molar-refractivity contribution in [2.24, 2.45) is 21.9 Å². The van der Waals surface area contributed by atoms with Crippen LogP contribution in [0.25, 0.3) is 0 Å². The number of aliphatic imine (C=N–C) groups is 1. The molecule has 170 valence electrons. The Balaban J connectivity index is 1.71. The quantitative estimate of drug-likeness (QED) is 0.367. The Kier molecular flexibility index (Phi) is 8.84. The summed E-state index contributed by atoms with van der Waals surface area (Å²) in [5.74, 6) is 5.40. The molecule has 9 heteroatoms. The van der Waals surface area contributed by atoms with Gasteiger partial charge in [-0.25, -0.2) is 4.79 Å². The SMILES string of the molecule is CC(C)(C)OC(=O)N1CCC(CCOc2ccc(N=CC(CC(=O)O)=NN)cc2)CC1. The monoisotopic (exact) mass is 432 g/mol. The lowest BCUT2D eigenvalue weighted by atomic mass is 9.94. The summed E-state index contributed by atoms with van der Waals surface area (Å²) in [4.78, 5) is 28.8. The standard InChI is InChI=1S/C22H32N4O5/c1-22(2,3)31-21(29)26-11-8-16(9-12-26)10-13-30-19-6-4-17(5-7-19)24-15-18(25-23)14-20(27)28/h4-7,15-16H,8-14,23H2,1-3H3,(H,27,28). The van der Waals surface area contributed by atoms with E-state index in [0.29, 0.717) is 31.3 Å². The lowest BCUT2D eigenvalue weighted by molar-refractivity contribution is -0.135. The van der Waals surface area contributed by atoms with Gasteiger partial charge in [-0.2, -0.15) is 5.10 Å². The number of ether oxygens (including phenoxy) is 2. The first-order valence-electron chi connectivity index (χ1n) is 10.4. The number of rotatable bonds is 8. The van der Waals surface area contributed by atoms with Gasteiger partial charge in [0.2, 0.25) is 0 Å². The molecule has 2 rings (SSSR count). The molecular weight excluding hydrogens is 400 g/mol. The van der Waals surface area contributed by atoms with Crippen LogP contribution in [0.15, 0.2) is 34.4 Å². The van der Waals surface area contributed by atoms with Gasteiger partial charge in [0.05, 0.1) is 30.6 Å². The molecule has 0 saturated carbocycles. The third kappa shape index (κ3) is 9.06. The predicted octanol–water partition coefficient (Wildman–Crippen LogP) is 3.59. The van der Waals surface area contributed by atoms with Crippen LogP contribution in [0.2, 0.25) is 0 Å². The molecule has 1 fully saturated rings.